The molecule has 2 aliphatic carbocycles. The minimum atomic E-state index is -0.935. The third-order valence-electron chi connectivity index (χ3n) is 8.52. The molecule has 0 aromatic heterocycles. The summed E-state index contributed by atoms with van der Waals surface area (Å²) in [6.07, 6.45) is 0. The zero-order chi connectivity index (χ0) is 29.7. The number of carboxylic acids is 1. The minimum absolute atomic E-state index is 0.122. The number of ether oxygens (including phenoxy) is 1. The topological polar surface area (TPSA) is 104 Å². The molecule has 4 aromatic carbocycles. The van der Waals surface area contributed by atoms with Crippen molar-refractivity contribution in [1.82, 2.24) is 0 Å². The Bertz CT molecular complexity index is 1670. The quantitative estimate of drug-likeness (QED) is 0.230. The fourth-order valence-electron chi connectivity index (χ4n) is 6.45. The molecule has 4 aromatic rings. The lowest BCUT2D eigenvalue weighted by Gasteiger charge is -2.30. The Morgan fingerprint density at radius 1 is 0.610 bits per heavy atom. The first-order valence-electron chi connectivity index (χ1n) is 13.6. The van der Waals surface area contributed by atoms with E-state index in [0.717, 1.165) is 44.5 Å². The molecule has 2 unspecified atom stereocenters. The number of phenols is 2. The number of fused-ring (bicyclic) bond motifs is 6. The average Bonchev–Trinajstić information content (AvgIpc) is 3.45. The van der Waals surface area contributed by atoms with Gasteiger partial charge in [-0.2, -0.15) is 0 Å². The van der Waals surface area contributed by atoms with E-state index in [-0.39, 0.29) is 29.3 Å². The minimum Gasteiger partial charge on any atom is -0.508 e. The summed E-state index contributed by atoms with van der Waals surface area (Å²) in [5, 5.41) is 29.1. The van der Waals surface area contributed by atoms with Crippen molar-refractivity contribution in [2.24, 2.45) is 10.8 Å². The van der Waals surface area contributed by atoms with Gasteiger partial charge in [-0.3, -0.25) is 9.59 Å². The Balaban J connectivity index is 0.000000165. The number of methoxy groups -OCH3 is 1. The Labute approximate surface area is 239 Å². The van der Waals surface area contributed by atoms with Gasteiger partial charge in [0.1, 0.15) is 11.5 Å². The molecular weight excluding hydrogens is 516 g/mol. The van der Waals surface area contributed by atoms with Gasteiger partial charge in [-0.25, -0.2) is 0 Å². The van der Waals surface area contributed by atoms with Crippen LogP contribution in [0, 0.1) is 10.8 Å². The number of carbonyl (C=O) groups excluding carboxylic acids is 1. The smallest absolute Gasteiger partial charge is 0.312 e. The molecule has 0 aliphatic heterocycles. The number of aromatic hydroxyl groups is 2. The highest BCUT2D eigenvalue weighted by Gasteiger charge is 2.45. The Kier molecular flexibility index (Phi) is 6.90. The molecule has 0 fully saturated rings. The number of carbonyl (C=O) groups is 2. The summed E-state index contributed by atoms with van der Waals surface area (Å²) in [5.41, 5.74) is 6.61. The standard InChI is InChI=1S/C18H18O3.C17H16O3/c1-18(2,17(20)21-3)16-14-7-5-4-6-12(14)13-9-8-11(19)10-15(13)16;1-17(2,16(19)20)15-13-6-4-3-5-11(13)12-8-7-10(18)9-14(12)15/h4-10,16,19H,1-3H3;3-9,15,18H,1-2H3,(H,19,20). The molecule has 0 bridgehead atoms. The van der Waals surface area contributed by atoms with Crippen molar-refractivity contribution in [1.29, 1.82) is 0 Å². The molecule has 0 spiro atoms. The van der Waals surface area contributed by atoms with Crippen LogP contribution in [0.1, 0.15) is 61.8 Å². The first-order chi connectivity index (χ1) is 19.4. The SMILES string of the molecule is CC(C)(C(=O)O)C1c2ccccc2-c2ccc(O)cc21.COC(=O)C(C)(C)C1c2ccccc2-c2ccc(O)cc21. The van der Waals surface area contributed by atoms with Crippen LogP contribution < -0.4 is 0 Å². The van der Waals surface area contributed by atoms with Crippen LogP contribution in [0.5, 0.6) is 11.5 Å². The van der Waals surface area contributed by atoms with E-state index >= 15 is 0 Å². The first kappa shape index (κ1) is 28.0. The number of aliphatic carboxylic acids is 1. The van der Waals surface area contributed by atoms with Gasteiger partial charge < -0.3 is 20.1 Å². The molecule has 3 N–H and O–H groups in total. The molecular formula is C35H34O6. The van der Waals surface area contributed by atoms with Crippen LogP contribution in [-0.4, -0.2) is 34.4 Å². The van der Waals surface area contributed by atoms with Crippen molar-refractivity contribution >= 4 is 11.9 Å². The van der Waals surface area contributed by atoms with Crippen LogP contribution >= 0.6 is 0 Å². The molecule has 210 valence electrons. The monoisotopic (exact) mass is 550 g/mol. The lowest BCUT2D eigenvalue weighted by molar-refractivity contribution is -0.151. The van der Waals surface area contributed by atoms with Crippen molar-refractivity contribution in [3.05, 3.63) is 107 Å². The number of phenolic OH excluding ortho intramolecular Hbond substituents is 2. The summed E-state index contributed by atoms with van der Waals surface area (Å²) in [4.78, 5) is 23.9. The third kappa shape index (κ3) is 4.53. The zero-order valence-corrected chi connectivity index (χ0v) is 23.8. The average molecular weight is 551 g/mol. The van der Waals surface area contributed by atoms with Crippen molar-refractivity contribution in [3.63, 3.8) is 0 Å². The number of hydrogen-bond acceptors (Lipinski definition) is 5. The second-order valence-corrected chi connectivity index (χ2v) is 11.8. The van der Waals surface area contributed by atoms with Crippen LogP contribution in [0.25, 0.3) is 22.3 Å². The van der Waals surface area contributed by atoms with Gasteiger partial charge in [0, 0.05) is 11.8 Å². The van der Waals surface area contributed by atoms with Gasteiger partial charge in [-0.05, 0) is 96.5 Å². The van der Waals surface area contributed by atoms with Crippen LogP contribution in [0.2, 0.25) is 0 Å². The van der Waals surface area contributed by atoms with E-state index in [4.69, 9.17) is 4.74 Å². The van der Waals surface area contributed by atoms with Crippen molar-refractivity contribution in [3.8, 4) is 33.8 Å². The van der Waals surface area contributed by atoms with E-state index in [1.54, 1.807) is 38.1 Å². The maximum atomic E-state index is 12.2. The van der Waals surface area contributed by atoms with Gasteiger partial charge in [0.2, 0.25) is 0 Å². The molecule has 2 atom stereocenters. The van der Waals surface area contributed by atoms with E-state index in [2.05, 4.69) is 6.07 Å². The molecule has 6 rings (SSSR count). The largest absolute Gasteiger partial charge is 0.508 e. The highest BCUT2D eigenvalue weighted by atomic mass is 16.5. The number of carboxylic acid groups (broad SMARTS) is 1. The molecule has 0 heterocycles. The summed E-state index contributed by atoms with van der Waals surface area (Å²) < 4.78 is 4.99. The van der Waals surface area contributed by atoms with E-state index in [1.807, 2.05) is 68.4 Å². The van der Waals surface area contributed by atoms with E-state index in [9.17, 15) is 24.9 Å². The predicted octanol–water partition coefficient (Wildman–Crippen LogP) is 7.32. The van der Waals surface area contributed by atoms with Gasteiger partial charge in [0.25, 0.3) is 0 Å². The predicted molar refractivity (Wildman–Crippen MR) is 158 cm³/mol. The normalized spacial score (nSPS) is 16.4. The van der Waals surface area contributed by atoms with Crippen LogP contribution in [0.4, 0.5) is 0 Å². The fraction of sp³-hybridized carbons (Fsp3) is 0.257. The summed E-state index contributed by atoms with van der Waals surface area (Å²) in [6.45, 7) is 7.24. The number of benzene rings is 4. The van der Waals surface area contributed by atoms with Crippen molar-refractivity contribution in [2.45, 2.75) is 39.5 Å². The summed E-state index contributed by atoms with van der Waals surface area (Å²) in [7, 11) is 1.41. The molecule has 6 heteroatoms. The molecule has 41 heavy (non-hydrogen) atoms. The van der Waals surface area contributed by atoms with Gasteiger partial charge >= 0.3 is 11.9 Å². The van der Waals surface area contributed by atoms with Gasteiger partial charge in [-0.15, -0.1) is 0 Å². The van der Waals surface area contributed by atoms with Crippen LogP contribution in [-0.2, 0) is 14.3 Å². The lowest BCUT2D eigenvalue weighted by atomic mass is 9.73. The third-order valence-corrected chi connectivity index (χ3v) is 8.52. The van der Waals surface area contributed by atoms with Crippen molar-refractivity contribution in [2.75, 3.05) is 7.11 Å². The second kappa shape index (κ2) is 10.1. The molecule has 6 nitrogen and oxygen atoms in total. The van der Waals surface area contributed by atoms with E-state index in [0.29, 0.717) is 0 Å². The van der Waals surface area contributed by atoms with E-state index in [1.165, 1.54) is 7.11 Å². The molecule has 0 saturated carbocycles. The van der Waals surface area contributed by atoms with Crippen molar-refractivity contribution < 1.29 is 29.6 Å². The molecule has 0 radical (unpaired) electrons. The molecule has 2 aliphatic rings. The number of rotatable bonds is 4. The van der Waals surface area contributed by atoms with Gasteiger partial charge in [0.15, 0.2) is 0 Å². The number of hydrogen-bond donors (Lipinski definition) is 3. The first-order valence-corrected chi connectivity index (χ1v) is 13.6. The lowest BCUT2D eigenvalue weighted by Crippen LogP contribution is -2.32. The van der Waals surface area contributed by atoms with Gasteiger partial charge in [0.05, 0.1) is 17.9 Å². The van der Waals surface area contributed by atoms with Crippen LogP contribution in [0.3, 0.4) is 0 Å². The summed E-state index contributed by atoms with van der Waals surface area (Å²) >= 11 is 0. The highest BCUT2D eigenvalue weighted by molar-refractivity contribution is 5.86. The fourth-order valence-corrected chi connectivity index (χ4v) is 6.45. The highest BCUT2D eigenvalue weighted by Crippen LogP contribution is 2.54. The Morgan fingerprint density at radius 2 is 1.00 bits per heavy atom. The summed E-state index contributed by atoms with van der Waals surface area (Å²) in [5.74, 6) is -1.08. The van der Waals surface area contributed by atoms with Gasteiger partial charge in [-0.1, -0.05) is 60.7 Å². The molecule has 0 saturated heterocycles. The van der Waals surface area contributed by atoms with Crippen LogP contribution in [0.15, 0.2) is 84.9 Å². The van der Waals surface area contributed by atoms with E-state index < -0.39 is 16.8 Å². The number of esters is 1. The zero-order valence-electron chi connectivity index (χ0n) is 23.8. The summed E-state index contributed by atoms with van der Waals surface area (Å²) in [6, 6.07) is 26.5. The maximum absolute atomic E-state index is 12.2. The maximum Gasteiger partial charge on any atom is 0.312 e. The Hall–Kier alpha value is -4.58. The molecule has 0 amide bonds. The Morgan fingerprint density at radius 3 is 1.41 bits per heavy atom. The second-order valence-electron chi connectivity index (χ2n) is 11.8.